The first kappa shape index (κ1) is 25.6. The summed E-state index contributed by atoms with van der Waals surface area (Å²) in [6.07, 6.45) is 2.59. The summed E-state index contributed by atoms with van der Waals surface area (Å²) in [6, 6.07) is 21.6. The molecule has 190 valence electrons. The summed E-state index contributed by atoms with van der Waals surface area (Å²) in [4.78, 5) is 25.6. The third kappa shape index (κ3) is 6.62. The topological polar surface area (TPSA) is 109 Å². The zero-order valence-electron chi connectivity index (χ0n) is 19.8. The molecular formula is C27H24FN3O5S. The zero-order valence-corrected chi connectivity index (χ0v) is 20.7. The third-order valence-electron chi connectivity index (χ3n) is 5.48. The van der Waals surface area contributed by atoms with Crippen LogP contribution in [0.5, 0.6) is 0 Å². The van der Waals surface area contributed by atoms with Crippen LogP contribution in [0.2, 0.25) is 0 Å². The highest BCUT2D eigenvalue weighted by Crippen LogP contribution is 2.23. The number of hydrogen-bond acceptors (Lipinski definition) is 5. The fraction of sp³-hybridized carbons (Fsp3) is 0.111. The zero-order chi connectivity index (χ0) is 26.4. The Labute approximate surface area is 213 Å². The molecule has 0 radical (unpaired) electrons. The average molecular weight is 522 g/mol. The van der Waals surface area contributed by atoms with Gasteiger partial charge in [0.2, 0.25) is 10.0 Å². The number of benzene rings is 3. The number of nitrogens with one attached hydrogen (secondary N) is 2. The standard InChI is InChI=1S/C27H24FN3O5S/c1-37(34,35)31(18-19-8-12-21(28)13-9-19)22-14-10-20(11-15-22)26(32)30-25-7-3-2-6-24(25)27(33)29-17-23-5-4-16-36-23/h2-16H,17-18H2,1H3,(H,29,33)(H,30,32). The van der Waals surface area contributed by atoms with Crippen molar-refractivity contribution in [2.75, 3.05) is 15.9 Å². The number of hydrogen-bond donors (Lipinski definition) is 2. The Hall–Kier alpha value is -4.44. The van der Waals surface area contributed by atoms with Crippen molar-refractivity contribution in [3.63, 3.8) is 0 Å². The lowest BCUT2D eigenvalue weighted by molar-refractivity contribution is 0.0949. The van der Waals surface area contributed by atoms with E-state index in [9.17, 15) is 22.4 Å². The Bertz CT molecular complexity index is 1490. The Kier molecular flexibility index (Phi) is 7.69. The number of sulfonamides is 1. The summed E-state index contributed by atoms with van der Waals surface area (Å²) in [5.41, 5.74) is 1.82. The van der Waals surface area contributed by atoms with Gasteiger partial charge in [-0.25, -0.2) is 12.8 Å². The maximum absolute atomic E-state index is 13.2. The van der Waals surface area contributed by atoms with E-state index in [1.54, 1.807) is 36.4 Å². The SMILES string of the molecule is CS(=O)(=O)N(Cc1ccc(F)cc1)c1ccc(C(=O)Nc2ccccc2C(=O)NCc2ccco2)cc1. The van der Waals surface area contributed by atoms with Gasteiger partial charge >= 0.3 is 0 Å². The molecule has 0 saturated carbocycles. The summed E-state index contributed by atoms with van der Waals surface area (Å²) < 4.78 is 44.5. The number of carbonyl (C=O) groups excluding carboxylic acids is 2. The first-order valence-electron chi connectivity index (χ1n) is 11.2. The molecule has 3 aromatic carbocycles. The van der Waals surface area contributed by atoms with Gasteiger partial charge in [0.1, 0.15) is 11.6 Å². The summed E-state index contributed by atoms with van der Waals surface area (Å²) >= 11 is 0. The van der Waals surface area contributed by atoms with Crippen LogP contribution in [0, 0.1) is 5.82 Å². The monoisotopic (exact) mass is 521 g/mol. The largest absolute Gasteiger partial charge is 0.467 e. The van der Waals surface area contributed by atoms with Crippen molar-refractivity contribution in [1.82, 2.24) is 5.32 Å². The number of amides is 2. The van der Waals surface area contributed by atoms with E-state index < -0.39 is 21.7 Å². The second-order valence-electron chi connectivity index (χ2n) is 8.20. The molecule has 1 aromatic heterocycles. The highest BCUT2D eigenvalue weighted by molar-refractivity contribution is 7.92. The van der Waals surface area contributed by atoms with Gasteiger partial charge in [-0.1, -0.05) is 24.3 Å². The molecule has 10 heteroatoms. The van der Waals surface area contributed by atoms with Crippen LogP contribution in [0.3, 0.4) is 0 Å². The van der Waals surface area contributed by atoms with Crippen LogP contribution in [0.15, 0.2) is 95.6 Å². The highest BCUT2D eigenvalue weighted by atomic mass is 32.2. The van der Waals surface area contributed by atoms with Gasteiger partial charge < -0.3 is 15.1 Å². The molecule has 1 heterocycles. The summed E-state index contributed by atoms with van der Waals surface area (Å²) in [7, 11) is -3.66. The van der Waals surface area contributed by atoms with Gasteiger partial charge in [-0.15, -0.1) is 0 Å². The summed E-state index contributed by atoms with van der Waals surface area (Å²) in [5, 5.41) is 5.48. The Morgan fingerprint density at radius 3 is 2.24 bits per heavy atom. The van der Waals surface area contributed by atoms with Crippen LogP contribution in [-0.2, 0) is 23.1 Å². The molecule has 2 amide bonds. The lowest BCUT2D eigenvalue weighted by atomic mass is 10.1. The van der Waals surface area contributed by atoms with E-state index in [4.69, 9.17) is 4.42 Å². The number of halogens is 1. The first-order valence-corrected chi connectivity index (χ1v) is 13.1. The number of anilines is 2. The third-order valence-corrected chi connectivity index (χ3v) is 6.62. The van der Waals surface area contributed by atoms with E-state index in [0.29, 0.717) is 22.7 Å². The predicted octanol–water partition coefficient (Wildman–Crippen LogP) is 4.57. The lowest BCUT2D eigenvalue weighted by Crippen LogP contribution is -2.29. The van der Waals surface area contributed by atoms with Crippen LogP contribution in [0.1, 0.15) is 32.0 Å². The quantitative estimate of drug-likeness (QED) is 0.336. The van der Waals surface area contributed by atoms with Crippen LogP contribution >= 0.6 is 0 Å². The number of carbonyl (C=O) groups is 2. The van der Waals surface area contributed by atoms with E-state index in [-0.39, 0.29) is 30.1 Å². The number of furan rings is 1. The first-order chi connectivity index (χ1) is 17.7. The molecule has 2 N–H and O–H groups in total. The van der Waals surface area contributed by atoms with Crippen molar-refractivity contribution in [3.8, 4) is 0 Å². The van der Waals surface area contributed by atoms with E-state index >= 15 is 0 Å². The van der Waals surface area contributed by atoms with Crippen LogP contribution in [-0.4, -0.2) is 26.5 Å². The molecule has 0 aliphatic rings. The lowest BCUT2D eigenvalue weighted by Gasteiger charge is -2.23. The number of rotatable bonds is 9. The Morgan fingerprint density at radius 1 is 0.892 bits per heavy atom. The van der Waals surface area contributed by atoms with Crippen molar-refractivity contribution >= 4 is 33.2 Å². The highest BCUT2D eigenvalue weighted by Gasteiger charge is 2.19. The molecular weight excluding hydrogens is 497 g/mol. The fourth-order valence-electron chi connectivity index (χ4n) is 3.60. The molecule has 0 aliphatic heterocycles. The summed E-state index contributed by atoms with van der Waals surface area (Å²) in [5.74, 6) is -0.673. The van der Waals surface area contributed by atoms with Crippen LogP contribution in [0.4, 0.5) is 15.8 Å². The molecule has 0 atom stereocenters. The Morgan fingerprint density at radius 2 is 1.59 bits per heavy atom. The maximum atomic E-state index is 13.2. The molecule has 0 fully saturated rings. The number of para-hydroxylation sites is 1. The van der Waals surface area contributed by atoms with E-state index in [1.807, 2.05) is 0 Å². The molecule has 0 spiro atoms. The molecule has 4 aromatic rings. The van der Waals surface area contributed by atoms with Gasteiger partial charge in [-0.3, -0.25) is 13.9 Å². The molecule has 0 aliphatic carbocycles. The van der Waals surface area contributed by atoms with Gasteiger partial charge in [-0.2, -0.15) is 0 Å². The van der Waals surface area contributed by atoms with Gasteiger partial charge in [0.25, 0.3) is 11.8 Å². The molecule has 0 saturated heterocycles. The van der Waals surface area contributed by atoms with Gasteiger partial charge in [0, 0.05) is 5.56 Å². The van der Waals surface area contributed by atoms with Crippen LogP contribution < -0.4 is 14.9 Å². The van der Waals surface area contributed by atoms with Crippen molar-refractivity contribution in [2.45, 2.75) is 13.1 Å². The minimum atomic E-state index is -3.66. The maximum Gasteiger partial charge on any atom is 0.255 e. The number of nitrogens with zero attached hydrogens (tertiary/aromatic N) is 1. The molecule has 0 bridgehead atoms. The van der Waals surface area contributed by atoms with Crippen LogP contribution in [0.25, 0.3) is 0 Å². The van der Waals surface area contributed by atoms with Gasteiger partial charge in [0.05, 0.1) is 42.5 Å². The van der Waals surface area contributed by atoms with Crippen molar-refractivity contribution < 1.29 is 26.8 Å². The normalized spacial score (nSPS) is 11.1. The van der Waals surface area contributed by atoms with Gasteiger partial charge in [0.15, 0.2) is 0 Å². The van der Waals surface area contributed by atoms with Crippen molar-refractivity contribution in [1.29, 1.82) is 0 Å². The fourth-order valence-corrected chi connectivity index (χ4v) is 4.48. The van der Waals surface area contributed by atoms with E-state index in [1.165, 1.54) is 59.1 Å². The Balaban J connectivity index is 1.48. The van der Waals surface area contributed by atoms with Gasteiger partial charge in [-0.05, 0) is 66.2 Å². The minimum absolute atomic E-state index is 0.00511. The molecule has 4 rings (SSSR count). The van der Waals surface area contributed by atoms with Crippen molar-refractivity contribution in [2.24, 2.45) is 0 Å². The second-order valence-corrected chi connectivity index (χ2v) is 10.1. The average Bonchev–Trinajstić information content (AvgIpc) is 3.40. The molecule has 0 unspecified atom stereocenters. The van der Waals surface area contributed by atoms with E-state index in [0.717, 1.165) is 6.26 Å². The van der Waals surface area contributed by atoms with E-state index in [2.05, 4.69) is 10.6 Å². The molecule has 37 heavy (non-hydrogen) atoms. The molecule has 8 nitrogen and oxygen atoms in total. The predicted molar refractivity (Wildman–Crippen MR) is 138 cm³/mol. The van der Waals surface area contributed by atoms with Crippen molar-refractivity contribution in [3.05, 3.63) is 119 Å². The minimum Gasteiger partial charge on any atom is -0.467 e. The summed E-state index contributed by atoms with van der Waals surface area (Å²) in [6.45, 7) is 0.204. The second kappa shape index (κ2) is 11.1. The smallest absolute Gasteiger partial charge is 0.255 e.